The van der Waals surface area contributed by atoms with Crippen molar-refractivity contribution in [3.05, 3.63) is 29.6 Å². The quantitative estimate of drug-likeness (QED) is 0.627. The van der Waals surface area contributed by atoms with Gasteiger partial charge in [0, 0.05) is 12.5 Å². The molecule has 1 rings (SSSR count). The van der Waals surface area contributed by atoms with Crippen molar-refractivity contribution < 1.29 is 18.6 Å². The lowest BCUT2D eigenvalue weighted by molar-refractivity contribution is 0.288. The van der Waals surface area contributed by atoms with Crippen molar-refractivity contribution in [2.24, 2.45) is 0 Å². The van der Waals surface area contributed by atoms with E-state index in [9.17, 15) is 8.78 Å². The molecule has 1 aromatic carbocycles. The van der Waals surface area contributed by atoms with Gasteiger partial charge in [-0.2, -0.15) is 0 Å². The number of hydrogen-bond donors (Lipinski definition) is 1. The predicted molar refractivity (Wildman–Crippen MR) is 56.5 cm³/mol. The van der Waals surface area contributed by atoms with Crippen LogP contribution in [0.15, 0.2) is 18.2 Å². The molecular formula is C12H12F2O2. The van der Waals surface area contributed by atoms with Crippen LogP contribution in [-0.2, 0) is 0 Å². The van der Waals surface area contributed by atoms with Crippen molar-refractivity contribution >= 4 is 0 Å². The summed E-state index contributed by atoms with van der Waals surface area (Å²) in [5.74, 6) is 4.91. The minimum absolute atomic E-state index is 0.174. The summed E-state index contributed by atoms with van der Waals surface area (Å²) < 4.78 is 30.0. The van der Waals surface area contributed by atoms with Gasteiger partial charge in [-0.15, -0.1) is 0 Å². The number of aliphatic hydroxyl groups excluding tert-OH is 1. The Morgan fingerprint density at radius 2 is 2.19 bits per heavy atom. The highest BCUT2D eigenvalue weighted by Crippen LogP contribution is 2.19. The van der Waals surface area contributed by atoms with Crippen molar-refractivity contribution in [1.29, 1.82) is 0 Å². The van der Waals surface area contributed by atoms with Gasteiger partial charge < -0.3 is 9.84 Å². The third kappa shape index (κ3) is 3.87. The van der Waals surface area contributed by atoms with E-state index in [1.165, 1.54) is 18.2 Å². The summed E-state index contributed by atoms with van der Waals surface area (Å²) in [5.41, 5.74) is 0.481. The number of benzene rings is 1. The Kier molecular flexibility index (Phi) is 5.30. The minimum Gasteiger partial charge on any atom is -0.492 e. The van der Waals surface area contributed by atoms with Crippen LogP contribution in [0.4, 0.5) is 8.78 Å². The molecule has 0 spiro atoms. The molecule has 0 atom stereocenters. The average Bonchev–Trinajstić information content (AvgIpc) is 2.28. The zero-order valence-electron chi connectivity index (χ0n) is 8.67. The second kappa shape index (κ2) is 6.81. The number of rotatable bonds is 4. The molecule has 1 N–H and O–H groups in total. The van der Waals surface area contributed by atoms with E-state index < -0.39 is 12.5 Å². The monoisotopic (exact) mass is 226 g/mol. The van der Waals surface area contributed by atoms with Gasteiger partial charge in [0.05, 0.1) is 18.8 Å². The summed E-state index contributed by atoms with van der Waals surface area (Å²) in [4.78, 5) is 0. The van der Waals surface area contributed by atoms with Crippen LogP contribution in [-0.4, -0.2) is 25.0 Å². The van der Waals surface area contributed by atoms with E-state index in [1.54, 1.807) is 0 Å². The summed E-state index contributed by atoms with van der Waals surface area (Å²) in [7, 11) is 0. The average molecular weight is 226 g/mol. The van der Waals surface area contributed by atoms with Crippen LogP contribution in [0, 0.1) is 17.7 Å². The fourth-order valence-corrected chi connectivity index (χ4v) is 1.09. The van der Waals surface area contributed by atoms with Crippen molar-refractivity contribution in [2.75, 3.05) is 19.9 Å². The smallest absolute Gasteiger partial charge is 0.137 e. The lowest BCUT2D eigenvalue weighted by Crippen LogP contribution is -2.00. The largest absolute Gasteiger partial charge is 0.492 e. The maximum atomic E-state index is 12.9. The molecule has 0 saturated carbocycles. The fourth-order valence-electron chi connectivity index (χ4n) is 1.09. The molecule has 0 aromatic heterocycles. The zero-order chi connectivity index (χ0) is 11.8. The Balaban J connectivity index is 2.81. The van der Waals surface area contributed by atoms with Crippen molar-refractivity contribution in [3.63, 3.8) is 0 Å². The molecule has 0 radical (unpaired) electrons. The first kappa shape index (κ1) is 12.5. The molecule has 0 amide bonds. The number of ether oxygens (including phenoxy) is 1. The third-order valence-electron chi connectivity index (χ3n) is 1.78. The van der Waals surface area contributed by atoms with Crippen LogP contribution in [0.5, 0.6) is 5.75 Å². The van der Waals surface area contributed by atoms with E-state index in [2.05, 4.69) is 11.8 Å². The maximum Gasteiger partial charge on any atom is 0.137 e. The van der Waals surface area contributed by atoms with Crippen molar-refractivity contribution in [3.8, 4) is 17.6 Å². The van der Waals surface area contributed by atoms with Crippen LogP contribution < -0.4 is 4.74 Å². The molecule has 1 aromatic rings. The number of alkyl halides is 1. The maximum absolute atomic E-state index is 12.9. The SMILES string of the molecule is OCC#Cc1ccc(F)cc1OCCCF. The van der Waals surface area contributed by atoms with Crippen LogP contribution >= 0.6 is 0 Å². The number of halogens is 2. The molecule has 0 saturated heterocycles. The summed E-state index contributed by atoms with van der Waals surface area (Å²) in [6.45, 7) is -0.581. The summed E-state index contributed by atoms with van der Waals surface area (Å²) in [5, 5.41) is 8.55. The second-order valence-electron chi connectivity index (χ2n) is 2.99. The Morgan fingerprint density at radius 1 is 1.38 bits per heavy atom. The van der Waals surface area contributed by atoms with Crippen molar-refractivity contribution in [1.82, 2.24) is 0 Å². The van der Waals surface area contributed by atoms with Crippen molar-refractivity contribution in [2.45, 2.75) is 6.42 Å². The van der Waals surface area contributed by atoms with Crippen LogP contribution in [0.3, 0.4) is 0 Å². The van der Waals surface area contributed by atoms with Gasteiger partial charge in [0.2, 0.25) is 0 Å². The van der Waals surface area contributed by atoms with Gasteiger partial charge in [0.25, 0.3) is 0 Å². The first-order valence-electron chi connectivity index (χ1n) is 4.86. The molecule has 0 fully saturated rings. The highest BCUT2D eigenvalue weighted by Gasteiger charge is 2.03. The van der Waals surface area contributed by atoms with Crippen LogP contribution in [0.25, 0.3) is 0 Å². The van der Waals surface area contributed by atoms with E-state index in [0.29, 0.717) is 5.56 Å². The number of hydrogen-bond acceptors (Lipinski definition) is 2. The zero-order valence-corrected chi connectivity index (χ0v) is 8.67. The molecule has 4 heteroatoms. The highest BCUT2D eigenvalue weighted by atomic mass is 19.1. The van der Waals surface area contributed by atoms with Gasteiger partial charge in [0.1, 0.15) is 18.2 Å². The standard InChI is InChI=1S/C12H12F2O2/c13-6-2-8-16-12-9-11(14)5-4-10(12)3-1-7-15/h4-5,9,15H,2,6-8H2. The molecule has 86 valence electrons. The van der Waals surface area contributed by atoms with Gasteiger partial charge >= 0.3 is 0 Å². The molecule has 0 aliphatic rings. The van der Waals surface area contributed by atoms with E-state index in [4.69, 9.17) is 9.84 Å². The summed E-state index contributed by atoms with van der Waals surface area (Å²) in [6, 6.07) is 3.91. The minimum atomic E-state index is -0.479. The van der Waals surface area contributed by atoms with E-state index in [0.717, 1.165) is 0 Å². The molecule has 0 unspecified atom stereocenters. The van der Waals surface area contributed by atoms with E-state index >= 15 is 0 Å². The predicted octanol–water partition coefficient (Wildman–Crippen LogP) is 1.91. The second-order valence-corrected chi connectivity index (χ2v) is 2.99. The molecule has 0 aliphatic carbocycles. The summed E-state index contributed by atoms with van der Waals surface area (Å²) in [6.07, 6.45) is 0.253. The van der Waals surface area contributed by atoms with Gasteiger partial charge in [-0.3, -0.25) is 4.39 Å². The lowest BCUT2D eigenvalue weighted by atomic mass is 10.2. The van der Waals surface area contributed by atoms with Gasteiger partial charge in [-0.1, -0.05) is 11.8 Å². The molecule has 0 heterocycles. The van der Waals surface area contributed by atoms with Crippen LogP contribution in [0.2, 0.25) is 0 Å². The molecule has 0 aliphatic heterocycles. The molecule has 2 nitrogen and oxygen atoms in total. The fraction of sp³-hybridized carbons (Fsp3) is 0.333. The Morgan fingerprint density at radius 3 is 2.88 bits per heavy atom. The third-order valence-corrected chi connectivity index (χ3v) is 1.78. The Bertz CT molecular complexity index is 394. The lowest BCUT2D eigenvalue weighted by Gasteiger charge is -2.07. The normalized spacial score (nSPS) is 9.44. The van der Waals surface area contributed by atoms with E-state index in [1.807, 2.05) is 0 Å². The molecule has 16 heavy (non-hydrogen) atoms. The van der Waals surface area contributed by atoms with Gasteiger partial charge in [0.15, 0.2) is 0 Å². The van der Waals surface area contributed by atoms with Gasteiger partial charge in [-0.25, -0.2) is 4.39 Å². The topological polar surface area (TPSA) is 29.5 Å². The van der Waals surface area contributed by atoms with Crippen LogP contribution in [0.1, 0.15) is 12.0 Å². The Labute approximate surface area is 92.9 Å². The summed E-state index contributed by atoms with van der Waals surface area (Å²) >= 11 is 0. The van der Waals surface area contributed by atoms with Gasteiger partial charge in [-0.05, 0) is 12.1 Å². The molecule has 0 bridgehead atoms. The Hall–Kier alpha value is -1.60. The first-order chi connectivity index (χ1) is 7.77. The number of aliphatic hydroxyl groups is 1. The molecular weight excluding hydrogens is 214 g/mol. The van der Waals surface area contributed by atoms with E-state index in [-0.39, 0.29) is 25.4 Å². The highest BCUT2D eigenvalue weighted by molar-refractivity contribution is 5.46. The first-order valence-corrected chi connectivity index (χ1v) is 4.86.